The van der Waals surface area contributed by atoms with Crippen LogP contribution in [0.5, 0.6) is 0 Å². The fraction of sp³-hybridized carbons (Fsp3) is 0.548. The van der Waals surface area contributed by atoms with E-state index in [2.05, 4.69) is 98.4 Å². The van der Waals surface area contributed by atoms with Crippen molar-refractivity contribution in [1.82, 2.24) is 38.3 Å². The molecule has 0 bridgehead atoms. The number of nitrogen functional groups attached to an aromatic ring is 1. The first-order valence-corrected chi connectivity index (χ1v) is 45.3. The number of thioether (sulfide) groups is 2. The third-order valence-corrected chi connectivity index (χ3v) is 25.0. The number of carbonyl (C=O) groups excluding carboxylic acids is 2. The van der Waals surface area contributed by atoms with Crippen molar-refractivity contribution in [1.29, 1.82) is 0 Å². The van der Waals surface area contributed by atoms with Gasteiger partial charge in [0.15, 0.2) is 27.6 Å². The van der Waals surface area contributed by atoms with Crippen LogP contribution in [-0.4, -0.2) is 139 Å². The second-order valence-corrected chi connectivity index (χ2v) is 36.2. The number of nitrogens with one attached hydrogen (secondary N) is 3. The molecule has 4 aromatic carbocycles. The molecule has 0 saturated heterocycles. The molecule has 26 heteroatoms. The molecule has 1 aliphatic heterocycles. The lowest BCUT2D eigenvalue weighted by molar-refractivity contribution is -0.150. The fourth-order valence-electron chi connectivity index (χ4n) is 15.5. The van der Waals surface area contributed by atoms with Gasteiger partial charge in [-0.25, -0.2) is 65.0 Å². The van der Waals surface area contributed by atoms with E-state index >= 15 is 0 Å². The van der Waals surface area contributed by atoms with Crippen LogP contribution in [0.25, 0.3) is 27.9 Å². The number of aryl methyl sites for hydroxylation is 2. The molecule has 6 unspecified atom stereocenters. The van der Waals surface area contributed by atoms with Crippen LogP contribution in [0.1, 0.15) is 193 Å². The Balaban J connectivity index is 0.000000236. The van der Waals surface area contributed by atoms with Gasteiger partial charge >= 0.3 is 23.3 Å². The smallest absolute Gasteiger partial charge is 0.357 e. The number of esters is 2. The summed E-state index contributed by atoms with van der Waals surface area (Å²) in [6.07, 6.45) is 16.6. The normalized spacial score (nSPS) is 20.1. The number of anilines is 3. The number of hydrogen-bond donors (Lipinski definition) is 4. The number of aromatic amines is 1. The number of unbranched alkanes of at least 4 members (excludes halogenated alkanes) is 2. The van der Waals surface area contributed by atoms with Crippen LogP contribution in [-0.2, 0) is 34.3 Å². The molecule has 2 saturated carbocycles. The molecule has 3 aliphatic rings. The van der Waals surface area contributed by atoms with Crippen molar-refractivity contribution in [2.24, 2.45) is 52.3 Å². The van der Waals surface area contributed by atoms with Gasteiger partial charge in [-0.1, -0.05) is 192 Å². The predicted molar refractivity (Wildman–Crippen MR) is 452 cm³/mol. The Morgan fingerprint density at radius 3 is 1.62 bits per heavy atom. The molecule has 110 heavy (non-hydrogen) atoms. The molecule has 0 amide bonds. The van der Waals surface area contributed by atoms with Crippen LogP contribution in [0, 0.1) is 61.2 Å². The number of fused-ring (bicyclic) bond motifs is 2. The molecule has 7 aromatic rings. The molecule has 0 radical (unpaired) electrons. The van der Waals surface area contributed by atoms with Crippen molar-refractivity contribution >= 4 is 101 Å². The summed E-state index contributed by atoms with van der Waals surface area (Å²) >= 11 is 3.02. The number of H-pyrrole nitrogens is 1. The van der Waals surface area contributed by atoms with E-state index in [0.717, 1.165) is 122 Å². The predicted octanol–water partition coefficient (Wildman–Crippen LogP) is 15.9. The molecule has 10 rings (SSSR count). The van der Waals surface area contributed by atoms with Gasteiger partial charge in [-0.05, 0) is 172 Å². The Bertz CT molecular complexity index is 4620. The van der Waals surface area contributed by atoms with E-state index in [9.17, 15) is 36.0 Å². The number of aliphatic imine (C=N–C) groups is 1. The lowest BCUT2D eigenvalue weighted by Gasteiger charge is -2.37. The van der Waals surface area contributed by atoms with Crippen LogP contribution < -0.4 is 36.4 Å². The molecular formula is C84H120N12O10S4. The SMILES string of the molecule is CCCCC(CC)CSc1nc2c(C(=O)OC3C(C)CC(C)CC3C)c(-c3ccccc3)cn2c(=O)[nH]1.CCCCC(CC)CSc1nc2n(c(=O)n1)C(=Nc1ccc(N(CC)CCNS(C)(=O)=O)cc1C)C(c1ccccc1)=C2C(=O)OC1C(C)CC(C)CC1C.CCN(CCNS(C)(=O)=O)c1ccc(N)c(C)c1. The summed E-state index contributed by atoms with van der Waals surface area (Å²) in [7, 11) is -6.43. The topological polar surface area (TPSA) is 288 Å². The van der Waals surface area contributed by atoms with Gasteiger partial charge in [0, 0.05) is 85.2 Å². The number of rotatable bonds is 33. The van der Waals surface area contributed by atoms with E-state index in [1.54, 1.807) is 18.0 Å². The maximum absolute atomic E-state index is 14.7. The third kappa shape index (κ3) is 24.2. The number of nitrogens with two attached hydrogens (primary N) is 1. The molecule has 22 nitrogen and oxygen atoms in total. The molecule has 6 atom stereocenters. The molecule has 4 heterocycles. The van der Waals surface area contributed by atoms with E-state index in [0.29, 0.717) is 93.8 Å². The minimum atomic E-state index is -3.31. The summed E-state index contributed by atoms with van der Waals surface area (Å²) in [5, 5.41) is 0.886. The highest BCUT2D eigenvalue weighted by Crippen LogP contribution is 2.42. The van der Waals surface area contributed by atoms with E-state index in [1.807, 2.05) is 125 Å². The average molecular weight is 1590 g/mol. The summed E-state index contributed by atoms with van der Waals surface area (Å²) in [6.45, 7) is 33.1. The Morgan fingerprint density at radius 1 is 0.645 bits per heavy atom. The zero-order valence-corrected chi connectivity index (χ0v) is 70.9. The molecule has 5 N–H and O–H groups in total. The first-order chi connectivity index (χ1) is 52.4. The zero-order valence-electron chi connectivity index (χ0n) is 67.6. The Kier molecular flexibility index (Phi) is 33.0. The Hall–Kier alpha value is -7.62. The molecule has 600 valence electrons. The minimum absolute atomic E-state index is 0.151. The third-order valence-electron chi connectivity index (χ3n) is 21.3. The first kappa shape index (κ1) is 88.0. The number of allylic oxidation sites excluding steroid dienone is 1. The molecular weight excluding hydrogens is 1470 g/mol. The average Bonchev–Trinajstić information content (AvgIpc) is 1.59. The van der Waals surface area contributed by atoms with E-state index < -0.39 is 37.7 Å². The van der Waals surface area contributed by atoms with Crippen molar-refractivity contribution in [3.63, 3.8) is 0 Å². The highest BCUT2D eigenvalue weighted by atomic mass is 32.2. The van der Waals surface area contributed by atoms with Crippen molar-refractivity contribution in [2.75, 3.05) is 78.8 Å². The largest absolute Gasteiger partial charge is 0.458 e. The zero-order chi connectivity index (χ0) is 80.1. The fourth-order valence-corrected chi connectivity index (χ4v) is 18.6. The number of hydrogen-bond acceptors (Lipinski definition) is 19. The van der Waals surface area contributed by atoms with Gasteiger partial charge in [-0.15, -0.1) is 0 Å². The second-order valence-electron chi connectivity index (χ2n) is 30.6. The van der Waals surface area contributed by atoms with Crippen LogP contribution in [0.15, 0.2) is 128 Å². The number of carbonyl (C=O) groups is 2. The van der Waals surface area contributed by atoms with Crippen LogP contribution in [0.4, 0.5) is 22.7 Å². The van der Waals surface area contributed by atoms with E-state index in [1.165, 1.54) is 40.0 Å². The minimum Gasteiger partial charge on any atom is -0.458 e. The van der Waals surface area contributed by atoms with Gasteiger partial charge in [-0.2, -0.15) is 4.98 Å². The number of likely N-dealkylation sites (N-methyl/N-ethyl adjacent to an activating group) is 2. The Morgan fingerprint density at radius 2 is 1.14 bits per heavy atom. The summed E-state index contributed by atoms with van der Waals surface area (Å²) in [6, 6.07) is 30.9. The second kappa shape index (κ2) is 41.2. The molecule has 0 spiro atoms. The molecule has 2 aliphatic carbocycles. The number of sulfonamides is 2. The maximum atomic E-state index is 14.7. The molecule has 3 aromatic heterocycles. The highest BCUT2D eigenvalue weighted by molar-refractivity contribution is 7.99. The lowest BCUT2D eigenvalue weighted by Crippen LogP contribution is -2.37. The number of aromatic nitrogens is 6. The van der Waals surface area contributed by atoms with Crippen LogP contribution in [0.3, 0.4) is 0 Å². The van der Waals surface area contributed by atoms with Gasteiger partial charge in [-0.3, -0.25) is 9.38 Å². The van der Waals surface area contributed by atoms with Gasteiger partial charge < -0.3 is 25.0 Å². The number of benzene rings is 4. The summed E-state index contributed by atoms with van der Waals surface area (Å²) < 4.78 is 65.8. The first-order valence-electron chi connectivity index (χ1n) is 39.5. The maximum Gasteiger partial charge on any atom is 0.357 e. The van der Waals surface area contributed by atoms with Crippen LogP contribution >= 0.6 is 23.5 Å². The van der Waals surface area contributed by atoms with Crippen molar-refractivity contribution in [3.05, 3.63) is 152 Å². The summed E-state index contributed by atoms with van der Waals surface area (Å²) in [4.78, 5) is 82.3. The van der Waals surface area contributed by atoms with E-state index in [-0.39, 0.29) is 65.3 Å². The van der Waals surface area contributed by atoms with Crippen LogP contribution in [0.2, 0.25) is 0 Å². The quantitative estimate of drug-likeness (QED) is 0.0169. The van der Waals surface area contributed by atoms with Gasteiger partial charge in [0.2, 0.25) is 20.0 Å². The van der Waals surface area contributed by atoms with Gasteiger partial charge in [0.25, 0.3) is 0 Å². The van der Waals surface area contributed by atoms with E-state index in [4.69, 9.17) is 30.2 Å². The highest BCUT2D eigenvalue weighted by Gasteiger charge is 2.42. The summed E-state index contributed by atoms with van der Waals surface area (Å²) in [5.41, 5.74) is 13.8. The van der Waals surface area contributed by atoms with Crippen molar-refractivity contribution in [3.8, 4) is 11.1 Å². The van der Waals surface area contributed by atoms with Crippen molar-refractivity contribution in [2.45, 2.75) is 197 Å². The molecule has 2 fully saturated rings. The monoisotopic (exact) mass is 1580 g/mol. The Labute approximate surface area is 662 Å². The van der Waals surface area contributed by atoms with Gasteiger partial charge in [0.1, 0.15) is 23.3 Å². The standard InChI is InChI=1S/C42H58N6O5S2.C30H41N3O3S.C12H21N3O2S/c1-9-12-16-31(10-2)26-54-41-45-39-36(40(49)53-37-29(6)23-27(4)24-30(37)7)35(32-17-14-13-15-18-32)38(48(39)42(50)46-41)44-34-20-19-33(25-28(34)5)47(11-3)22-21-43-55(8,51)52;1-6-8-12-22(7-2)18-37-29-31-27-25(28(34)36-26-20(4)15-19(3)16-21(26)5)24(17-33(27)30(35)32-29)23-13-10-9-11-14-23;1-4-15(8-7-14-18(3,16)17)11-5-6-12(13)10(2)9-11/h13-15,17-20,25,27,29-31,37,43H,9-12,16,21-24,26H2,1-8H3;9-11,13-14,17,19-22,26H,6-8,12,15-16,18H2,1-5H3,(H,31,32,35);5-6,9,14H,4,7-8,13H2,1-3H3. The number of ether oxygens (including phenoxy) is 2. The lowest BCUT2D eigenvalue weighted by atomic mass is 9.75. The van der Waals surface area contributed by atoms with Crippen molar-refractivity contribution < 1.29 is 35.9 Å². The number of nitrogens with zero attached hydrogens (tertiary/aromatic N) is 8. The summed E-state index contributed by atoms with van der Waals surface area (Å²) in [5.74, 6) is 4.33. The van der Waals surface area contributed by atoms with Gasteiger partial charge in [0.05, 0.1) is 18.2 Å².